The van der Waals surface area contributed by atoms with Crippen LogP contribution in [-0.2, 0) is 16.6 Å². The van der Waals surface area contributed by atoms with Crippen LogP contribution in [0.25, 0.3) is 0 Å². The molecule has 7 nitrogen and oxygen atoms in total. The summed E-state index contributed by atoms with van der Waals surface area (Å²) in [5.41, 5.74) is 0.246. The van der Waals surface area contributed by atoms with Crippen molar-refractivity contribution in [1.82, 2.24) is 15.5 Å². The molecule has 0 fully saturated rings. The number of H-pyrrole nitrogens is 1. The summed E-state index contributed by atoms with van der Waals surface area (Å²) in [6.07, 6.45) is 0. The molecule has 106 valence electrons. The Morgan fingerprint density at radius 2 is 1.95 bits per heavy atom. The maximum absolute atomic E-state index is 12.3. The largest absolute Gasteiger partial charge is 0.316 e. The number of nitrogens with one attached hydrogen (secondary N) is 3. The summed E-state index contributed by atoms with van der Waals surface area (Å²) in [5.74, 6) is 0.0591. The third-order valence-electron chi connectivity index (χ3n) is 2.55. The summed E-state index contributed by atoms with van der Waals surface area (Å²) < 4.78 is 26.9. The summed E-state index contributed by atoms with van der Waals surface area (Å²) in [6.45, 7) is 0.427. The Balaban J connectivity index is 2.35. The molecule has 3 N–H and O–H groups in total. The zero-order valence-corrected chi connectivity index (χ0v) is 11.6. The second kappa shape index (κ2) is 5.85. The first-order chi connectivity index (χ1) is 9.53. The molecule has 1 aromatic carbocycles. The van der Waals surface area contributed by atoms with E-state index in [1.807, 2.05) is 0 Å². The number of aromatic amines is 1. The second-order valence-corrected chi connectivity index (χ2v) is 5.70. The van der Waals surface area contributed by atoms with E-state index < -0.39 is 15.6 Å². The molecule has 0 spiro atoms. The van der Waals surface area contributed by atoms with Crippen LogP contribution in [0.5, 0.6) is 0 Å². The lowest BCUT2D eigenvalue weighted by Crippen LogP contribution is -2.19. The summed E-state index contributed by atoms with van der Waals surface area (Å²) in [4.78, 5) is 11.1. The van der Waals surface area contributed by atoms with Crippen molar-refractivity contribution in [2.75, 3.05) is 11.8 Å². The maximum Gasteiger partial charge on any atom is 0.264 e. The molecule has 1 aromatic heterocycles. The van der Waals surface area contributed by atoms with Gasteiger partial charge < -0.3 is 5.32 Å². The molecule has 0 saturated carbocycles. The van der Waals surface area contributed by atoms with Gasteiger partial charge in [0.05, 0.1) is 4.90 Å². The number of aromatic nitrogens is 2. The van der Waals surface area contributed by atoms with Gasteiger partial charge in [0.25, 0.3) is 15.6 Å². The van der Waals surface area contributed by atoms with E-state index in [1.165, 1.54) is 18.2 Å². The van der Waals surface area contributed by atoms with Gasteiger partial charge in [0.15, 0.2) is 5.82 Å². The number of hydrogen-bond donors (Lipinski definition) is 3. The minimum Gasteiger partial charge on any atom is -0.316 e. The molecule has 20 heavy (non-hydrogen) atoms. The Morgan fingerprint density at radius 3 is 2.60 bits per heavy atom. The molecule has 1 heterocycles. The average molecular weight is 294 g/mol. The lowest BCUT2D eigenvalue weighted by molar-refractivity contribution is 0.599. The molecule has 0 amide bonds. The van der Waals surface area contributed by atoms with Crippen molar-refractivity contribution in [2.45, 2.75) is 11.4 Å². The first-order valence-corrected chi connectivity index (χ1v) is 7.32. The molecule has 0 aliphatic carbocycles. The Morgan fingerprint density at radius 1 is 1.20 bits per heavy atom. The maximum atomic E-state index is 12.3. The fraction of sp³-hybridized carbons (Fsp3) is 0.167. The molecule has 0 radical (unpaired) electrons. The molecule has 0 unspecified atom stereocenters. The third-order valence-corrected chi connectivity index (χ3v) is 4.00. The Kier molecular flexibility index (Phi) is 4.16. The standard InChI is InChI=1S/C12H14N4O3S/c1-13-8-9-4-2-3-5-10(9)20(18,19)16-11-6-7-12(17)15-14-11/h2-7,13H,8H2,1H3,(H,14,16)(H,15,17). The van der Waals surface area contributed by atoms with Crippen molar-refractivity contribution in [3.05, 3.63) is 52.3 Å². The number of hydrogen-bond acceptors (Lipinski definition) is 5. The van der Waals surface area contributed by atoms with Gasteiger partial charge in [-0.05, 0) is 24.7 Å². The Bertz CT molecular complexity index is 735. The van der Waals surface area contributed by atoms with E-state index in [0.29, 0.717) is 12.1 Å². The molecule has 0 bridgehead atoms. The quantitative estimate of drug-likeness (QED) is 0.735. The average Bonchev–Trinajstić information content (AvgIpc) is 2.42. The summed E-state index contributed by atoms with van der Waals surface area (Å²) in [5, 5.41) is 8.70. The van der Waals surface area contributed by atoms with Crippen molar-refractivity contribution < 1.29 is 8.42 Å². The lowest BCUT2D eigenvalue weighted by Gasteiger charge is -2.11. The fourth-order valence-electron chi connectivity index (χ4n) is 1.70. The van der Waals surface area contributed by atoms with Crippen LogP contribution in [-0.4, -0.2) is 25.7 Å². The Hall–Kier alpha value is -2.19. The molecule has 0 aliphatic rings. The van der Waals surface area contributed by atoms with E-state index >= 15 is 0 Å². The van der Waals surface area contributed by atoms with Gasteiger partial charge in [-0.25, -0.2) is 13.5 Å². The van der Waals surface area contributed by atoms with Gasteiger partial charge in [-0.3, -0.25) is 9.52 Å². The molecule has 8 heteroatoms. The van der Waals surface area contributed by atoms with Crippen LogP contribution in [0.2, 0.25) is 0 Å². The van der Waals surface area contributed by atoms with Crippen molar-refractivity contribution in [3.8, 4) is 0 Å². The third kappa shape index (κ3) is 3.22. The van der Waals surface area contributed by atoms with E-state index in [1.54, 1.807) is 25.2 Å². The lowest BCUT2D eigenvalue weighted by atomic mass is 10.2. The molecule has 0 atom stereocenters. The van der Waals surface area contributed by atoms with Crippen LogP contribution in [0, 0.1) is 0 Å². The molecule has 2 aromatic rings. The number of nitrogens with zero attached hydrogens (tertiary/aromatic N) is 1. The number of anilines is 1. The summed E-state index contributed by atoms with van der Waals surface area (Å²) >= 11 is 0. The van der Waals surface area contributed by atoms with Gasteiger partial charge >= 0.3 is 0 Å². The monoisotopic (exact) mass is 294 g/mol. The summed E-state index contributed by atoms with van der Waals surface area (Å²) in [6, 6.07) is 9.16. The van der Waals surface area contributed by atoms with Crippen LogP contribution >= 0.6 is 0 Å². The Labute approximate surface area is 116 Å². The fourth-order valence-corrected chi connectivity index (χ4v) is 2.94. The van der Waals surface area contributed by atoms with E-state index in [9.17, 15) is 13.2 Å². The molecule has 2 rings (SSSR count). The minimum atomic E-state index is -3.75. The molecular formula is C12H14N4O3S. The van der Waals surface area contributed by atoms with Gasteiger partial charge in [-0.15, -0.1) is 0 Å². The van der Waals surface area contributed by atoms with Gasteiger partial charge in [0, 0.05) is 12.6 Å². The highest BCUT2D eigenvalue weighted by molar-refractivity contribution is 7.92. The first kappa shape index (κ1) is 14.2. The van der Waals surface area contributed by atoms with E-state index in [2.05, 4.69) is 20.2 Å². The number of benzene rings is 1. The number of sulfonamides is 1. The highest BCUT2D eigenvalue weighted by Crippen LogP contribution is 2.17. The first-order valence-electron chi connectivity index (χ1n) is 5.84. The van der Waals surface area contributed by atoms with E-state index in [0.717, 1.165) is 0 Å². The minimum absolute atomic E-state index is 0.0591. The summed E-state index contributed by atoms with van der Waals surface area (Å²) in [7, 11) is -2.02. The van der Waals surface area contributed by atoms with Gasteiger partial charge in [-0.2, -0.15) is 5.10 Å². The van der Waals surface area contributed by atoms with Crippen molar-refractivity contribution in [2.24, 2.45) is 0 Å². The van der Waals surface area contributed by atoms with Crippen molar-refractivity contribution >= 4 is 15.8 Å². The number of rotatable bonds is 5. The predicted octanol–water partition coefficient (Wildman–Crippen LogP) is 0.290. The zero-order valence-electron chi connectivity index (χ0n) is 10.8. The molecule has 0 saturated heterocycles. The van der Waals surface area contributed by atoms with Crippen LogP contribution < -0.4 is 15.6 Å². The normalized spacial score (nSPS) is 11.2. The van der Waals surface area contributed by atoms with Crippen LogP contribution in [0.4, 0.5) is 5.82 Å². The van der Waals surface area contributed by atoms with Crippen LogP contribution in [0.1, 0.15) is 5.56 Å². The van der Waals surface area contributed by atoms with Gasteiger partial charge in [0.2, 0.25) is 0 Å². The van der Waals surface area contributed by atoms with E-state index in [-0.39, 0.29) is 10.7 Å². The zero-order chi connectivity index (χ0) is 14.6. The highest BCUT2D eigenvalue weighted by atomic mass is 32.2. The van der Waals surface area contributed by atoms with Crippen molar-refractivity contribution in [3.63, 3.8) is 0 Å². The molecular weight excluding hydrogens is 280 g/mol. The second-order valence-electron chi connectivity index (χ2n) is 4.05. The van der Waals surface area contributed by atoms with Gasteiger partial charge in [0.1, 0.15) is 0 Å². The van der Waals surface area contributed by atoms with Crippen molar-refractivity contribution in [1.29, 1.82) is 0 Å². The topological polar surface area (TPSA) is 104 Å². The SMILES string of the molecule is CNCc1ccccc1S(=O)(=O)Nc1ccc(=O)[nH]n1. The smallest absolute Gasteiger partial charge is 0.264 e. The van der Waals surface area contributed by atoms with Crippen LogP contribution in [0.3, 0.4) is 0 Å². The predicted molar refractivity (Wildman–Crippen MR) is 74.9 cm³/mol. The van der Waals surface area contributed by atoms with E-state index in [4.69, 9.17) is 0 Å². The van der Waals surface area contributed by atoms with Crippen LogP contribution in [0.15, 0.2) is 46.1 Å². The van der Waals surface area contributed by atoms with Gasteiger partial charge in [-0.1, -0.05) is 18.2 Å². The highest BCUT2D eigenvalue weighted by Gasteiger charge is 2.18. The molecule has 0 aliphatic heterocycles.